The zero-order valence-corrected chi connectivity index (χ0v) is 21.7. The van der Waals surface area contributed by atoms with Crippen molar-refractivity contribution >= 4 is 23.5 Å². The van der Waals surface area contributed by atoms with Crippen LogP contribution in [-0.4, -0.2) is 75.1 Å². The molecule has 0 aromatic rings. The van der Waals surface area contributed by atoms with Crippen LogP contribution in [0.1, 0.15) is 59.3 Å². The minimum absolute atomic E-state index is 0.00959. The van der Waals surface area contributed by atoms with Gasteiger partial charge in [-0.05, 0) is 57.3 Å². The zero-order chi connectivity index (χ0) is 26.8. The van der Waals surface area contributed by atoms with Gasteiger partial charge in [-0.1, -0.05) is 18.6 Å². The number of ether oxygens (including phenoxy) is 4. The molecule has 38 heavy (non-hydrogen) atoms. The molecule has 10 heteroatoms. The van der Waals surface area contributed by atoms with Gasteiger partial charge in [0.2, 0.25) is 5.79 Å². The molecule has 5 heterocycles. The van der Waals surface area contributed by atoms with E-state index in [1.165, 1.54) is 0 Å². The molecule has 3 aliphatic carbocycles. The average molecular weight is 529 g/mol. The van der Waals surface area contributed by atoms with Gasteiger partial charge in [0.1, 0.15) is 11.9 Å². The second-order valence-electron chi connectivity index (χ2n) is 13.6. The fourth-order valence-corrected chi connectivity index (χ4v) is 10.3. The Hall–Kier alpha value is -2.14. The van der Waals surface area contributed by atoms with Crippen LogP contribution >= 0.6 is 0 Å². The van der Waals surface area contributed by atoms with Gasteiger partial charge in [-0.3, -0.25) is 14.4 Å². The van der Waals surface area contributed by atoms with Gasteiger partial charge in [0, 0.05) is 12.3 Å². The van der Waals surface area contributed by atoms with E-state index in [2.05, 4.69) is 0 Å². The number of carbonyl (C=O) groups is 4. The standard InChI is InChI=1S/C28H32O10/c1-23-10-18-25(3)28-19(23)20(31)27(38-28,35-11-16(23)21(32)36-18)15-5-4-12-8-13(29)9-17(30)24(12,2)14(15)6-7-26(28,34)22(33)37-25/h4,13-16,18-19,29,34H,5-11H2,1-3H3. The van der Waals surface area contributed by atoms with Crippen molar-refractivity contribution in [3.05, 3.63) is 11.6 Å². The van der Waals surface area contributed by atoms with Crippen molar-refractivity contribution in [1.29, 1.82) is 0 Å². The number of aliphatic hydroxyl groups excluding tert-OH is 1. The van der Waals surface area contributed by atoms with Crippen molar-refractivity contribution in [2.24, 2.45) is 34.5 Å². The summed E-state index contributed by atoms with van der Waals surface area (Å²) in [5, 5.41) is 22.8. The van der Waals surface area contributed by atoms with E-state index in [1.54, 1.807) is 6.92 Å². The second kappa shape index (κ2) is 6.43. The van der Waals surface area contributed by atoms with Crippen LogP contribution in [0.25, 0.3) is 0 Å². The molecule has 0 aromatic carbocycles. The van der Waals surface area contributed by atoms with Crippen LogP contribution in [0.15, 0.2) is 11.6 Å². The molecule has 10 nitrogen and oxygen atoms in total. The highest BCUT2D eigenvalue weighted by Gasteiger charge is 2.93. The molecule has 12 unspecified atom stereocenters. The van der Waals surface area contributed by atoms with E-state index in [-0.39, 0.29) is 43.9 Å². The van der Waals surface area contributed by atoms with E-state index in [0.717, 1.165) is 5.57 Å². The maximum absolute atomic E-state index is 14.9. The number of aliphatic hydroxyl groups is 2. The molecule has 0 amide bonds. The monoisotopic (exact) mass is 528 g/mol. The highest BCUT2D eigenvalue weighted by atomic mass is 16.8. The molecule has 5 aliphatic heterocycles. The molecule has 8 rings (SSSR count). The topological polar surface area (TPSA) is 146 Å². The van der Waals surface area contributed by atoms with Crippen molar-refractivity contribution in [3.63, 3.8) is 0 Å². The van der Waals surface area contributed by atoms with E-state index in [9.17, 15) is 29.4 Å². The van der Waals surface area contributed by atoms with E-state index < -0.39 is 81.2 Å². The zero-order valence-electron chi connectivity index (χ0n) is 21.7. The van der Waals surface area contributed by atoms with Gasteiger partial charge in [-0.15, -0.1) is 0 Å². The molecular formula is C28H32O10. The maximum Gasteiger partial charge on any atom is 0.342 e. The first-order chi connectivity index (χ1) is 17.8. The third kappa shape index (κ3) is 2.07. The number of allylic oxidation sites excluding steroid dienone is 1. The second-order valence-corrected chi connectivity index (χ2v) is 13.6. The van der Waals surface area contributed by atoms with Gasteiger partial charge in [-0.2, -0.15) is 0 Å². The normalized spacial score (nSPS) is 59.7. The number of ketones is 2. The van der Waals surface area contributed by atoms with Crippen molar-refractivity contribution in [1.82, 2.24) is 0 Å². The van der Waals surface area contributed by atoms with Crippen molar-refractivity contribution in [3.8, 4) is 0 Å². The Morgan fingerprint density at radius 1 is 1.05 bits per heavy atom. The van der Waals surface area contributed by atoms with Crippen molar-refractivity contribution in [2.75, 3.05) is 6.61 Å². The summed E-state index contributed by atoms with van der Waals surface area (Å²) in [6.45, 7) is 5.18. The average Bonchev–Trinajstić information content (AvgIpc) is 3.16. The van der Waals surface area contributed by atoms with Gasteiger partial charge < -0.3 is 29.2 Å². The minimum atomic E-state index is -2.21. The van der Waals surface area contributed by atoms with E-state index in [4.69, 9.17) is 18.9 Å². The molecule has 204 valence electrons. The van der Waals surface area contributed by atoms with E-state index in [1.807, 2.05) is 19.9 Å². The lowest BCUT2D eigenvalue weighted by Crippen LogP contribution is -2.79. The van der Waals surface area contributed by atoms with Gasteiger partial charge in [0.05, 0.1) is 30.0 Å². The Morgan fingerprint density at radius 2 is 1.82 bits per heavy atom. The number of carbonyl (C=O) groups excluding carboxylic acids is 4. The summed E-state index contributed by atoms with van der Waals surface area (Å²) in [7, 11) is 0. The fourth-order valence-electron chi connectivity index (χ4n) is 10.3. The molecular weight excluding hydrogens is 496 g/mol. The highest BCUT2D eigenvalue weighted by Crippen LogP contribution is 2.75. The summed E-state index contributed by atoms with van der Waals surface area (Å²) in [6.07, 6.45) is 1.42. The van der Waals surface area contributed by atoms with Crippen LogP contribution in [0.3, 0.4) is 0 Å². The molecule has 2 spiro atoms. The lowest BCUT2D eigenvalue weighted by Gasteiger charge is -2.63. The first-order valence-electron chi connectivity index (χ1n) is 13.8. The number of esters is 2. The summed E-state index contributed by atoms with van der Waals surface area (Å²) in [6, 6.07) is 0. The summed E-state index contributed by atoms with van der Waals surface area (Å²) in [4.78, 5) is 55.4. The molecule has 2 saturated carbocycles. The molecule has 8 aliphatic rings. The van der Waals surface area contributed by atoms with Gasteiger partial charge in [0.25, 0.3) is 0 Å². The SMILES string of the molecule is CC12C(=O)CC(O)CC1=CCC1C2CCC2(O)C(=O)OC3(C)C4CC5(C)C(COC16OC23C5C6=O)C(=O)O4. The predicted octanol–water partition coefficient (Wildman–Crippen LogP) is 0.752. The van der Waals surface area contributed by atoms with Crippen LogP contribution in [0.2, 0.25) is 0 Å². The molecule has 12 atom stereocenters. The maximum atomic E-state index is 14.9. The smallest absolute Gasteiger partial charge is 0.342 e. The number of hydrogen-bond donors (Lipinski definition) is 2. The molecule has 0 aromatic heterocycles. The van der Waals surface area contributed by atoms with Crippen LogP contribution in [0.5, 0.6) is 0 Å². The Morgan fingerprint density at radius 3 is 2.58 bits per heavy atom. The first-order valence-corrected chi connectivity index (χ1v) is 13.8. The van der Waals surface area contributed by atoms with Crippen molar-refractivity contribution < 1.29 is 48.3 Å². The van der Waals surface area contributed by atoms with E-state index >= 15 is 0 Å². The lowest BCUT2D eigenvalue weighted by molar-refractivity contribution is -0.374. The van der Waals surface area contributed by atoms with Gasteiger partial charge in [0.15, 0.2) is 22.6 Å². The van der Waals surface area contributed by atoms with Crippen LogP contribution < -0.4 is 0 Å². The summed E-state index contributed by atoms with van der Waals surface area (Å²) in [5.74, 6) is -6.74. The largest absolute Gasteiger partial charge is 0.458 e. The van der Waals surface area contributed by atoms with Crippen molar-refractivity contribution in [2.45, 2.75) is 94.1 Å². The summed E-state index contributed by atoms with van der Waals surface area (Å²) < 4.78 is 25.1. The third-order valence-corrected chi connectivity index (χ3v) is 12.3. The fraction of sp³-hybridized carbons (Fsp3) is 0.786. The molecule has 5 saturated heterocycles. The van der Waals surface area contributed by atoms with Crippen LogP contribution in [-0.2, 0) is 38.1 Å². The third-order valence-electron chi connectivity index (χ3n) is 12.3. The molecule has 5 bridgehead atoms. The Labute approximate surface area is 219 Å². The molecule has 7 fully saturated rings. The number of hydrogen-bond acceptors (Lipinski definition) is 10. The van der Waals surface area contributed by atoms with E-state index in [0.29, 0.717) is 12.8 Å². The number of Topliss-reactive ketones (excluding diaryl/α,β-unsaturated/α-hetero) is 2. The quantitative estimate of drug-likeness (QED) is 0.341. The highest BCUT2D eigenvalue weighted by molar-refractivity contribution is 5.99. The lowest BCUT2D eigenvalue weighted by atomic mass is 9.46. The number of fused-ring (bicyclic) bond motifs is 5. The molecule has 0 radical (unpaired) electrons. The van der Waals surface area contributed by atoms with Gasteiger partial charge in [-0.25, -0.2) is 4.79 Å². The summed E-state index contributed by atoms with van der Waals surface area (Å²) in [5.41, 5.74) is -6.81. The number of rotatable bonds is 0. The summed E-state index contributed by atoms with van der Waals surface area (Å²) >= 11 is 0. The Balaban J connectivity index is 1.41. The Bertz CT molecular complexity index is 1290. The molecule has 2 N–H and O–H groups in total. The van der Waals surface area contributed by atoms with Crippen LogP contribution in [0.4, 0.5) is 0 Å². The first kappa shape index (κ1) is 23.7. The van der Waals surface area contributed by atoms with Gasteiger partial charge >= 0.3 is 11.9 Å². The predicted molar refractivity (Wildman–Crippen MR) is 124 cm³/mol. The Kier molecular flexibility index (Phi) is 4.01. The van der Waals surface area contributed by atoms with Crippen LogP contribution in [0, 0.1) is 34.5 Å². The minimum Gasteiger partial charge on any atom is -0.458 e.